The summed E-state index contributed by atoms with van der Waals surface area (Å²) in [5, 5.41) is 0. The maximum absolute atomic E-state index is 13.6. The van der Waals surface area contributed by atoms with Gasteiger partial charge in [0.15, 0.2) is 0 Å². The Morgan fingerprint density at radius 2 is 0.774 bits per heavy atom. The Kier molecular flexibility index (Phi) is 7.51. The summed E-state index contributed by atoms with van der Waals surface area (Å²) >= 11 is 4.79. The topological polar surface area (TPSA) is 0 Å². The van der Waals surface area contributed by atoms with Gasteiger partial charge in [0.05, 0.1) is 0 Å². The van der Waals surface area contributed by atoms with Crippen molar-refractivity contribution >= 4 is 18.5 Å². The van der Waals surface area contributed by atoms with E-state index in [4.69, 9.17) is 11.1 Å². The zero-order valence-corrected chi connectivity index (χ0v) is 16.5. The highest BCUT2D eigenvalue weighted by molar-refractivity contribution is 7.20. The zero-order chi connectivity index (χ0) is 25.9. The summed E-state index contributed by atoms with van der Waals surface area (Å²) in [7, 11) is -5.51. The third-order valence-electron chi connectivity index (χ3n) is 3.90. The molecular formula is C12H10ClF17Si. The van der Waals surface area contributed by atoms with Gasteiger partial charge in [0.1, 0.15) is 0 Å². The van der Waals surface area contributed by atoms with Crippen LogP contribution in [-0.2, 0) is 0 Å². The average molecular weight is 541 g/mol. The Balaban J connectivity index is 6.56. The Morgan fingerprint density at radius 3 is 1.06 bits per heavy atom. The molecule has 188 valence electrons. The summed E-state index contributed by atoms with van der Waals surface area (Å²) in [6.45, 7) is -0.0938. The summed E-state index contributed by atoms with van der Waals surface area (Å²) in [5.74, 6) is -46.9. The molecule has 0 aromatic heterocycles. The molecule has 0 amide bonds. The smallest absolute Gasteiger partial charge is 0.203 e. The van der Waals surface area contributed by atoms with Crippen LogP contribution in [0.2, 0.25) is 13.1 Å². The lowest BCUT2D eigenvalue weighted by atomic mass is 9.90. The second-order valence-corrected chi connectivity index (χ2v) is 13.1. The van der Waals surface area contributed by atoms with Gasteiger partial charge >= 0.3 is 47.3 Å². The number of rotatable bonds is 9. The van der Waals surface area contributed by atoms with Gasteiger partial charge in [-0.15, -0.1) is 0 Å². The molecule has 19 heteroatoms. The fourth-order valence-corrected chi connectivity index (χ4v) is 3.11. The predicted molar refractivity (Wildman–Crippen MR) is 73.3 cm³/mol. The van der Waals surface area contributed by atoms with E-state index in [-0.39, 0.29) is 13.1 Å². The molecule has 0 saturated carbocycles. The zero-order valence-electron chi connectivity index (χ0n) is 14.7. The Bertz CT molecular complexity index is 644. The van der Waals surface area contributed by atoms with Gasteiger partial charge in [-0.25, -0.2) is 8.78 Å². The van der Waals surface area contributed by atoms with Crippen LogP contribution in [-0.4, -0.2) is 54.6 Å². The third kappa shape index (κ3) is 4.55. The first-order valence-corrected chi connectivity index (χ1v) is 11.4. The van der Waals surface area contributed by atoms with E-state index in [1.165, 1.54) is 0 Å². The third-order valence-corrected chi connectivity index (χ3v) is 6.42. The van der Waals surface area contributed by atoms with Crippen molar-refractivity contribution in [3.8, 4) is 0 Å². The van der Waals surface area contributed by atoms with E-state index in [1.807, 2.05) is 0 Å². The van der Waals surface area contributed by atoms with Crippen molar-refractivity contribution in [1.82, 2.24) is 0 Å². The molecular weight excluding hydrogens is 531 g/mol. The second kappa shape index (κ2) is 7.68. The van der Waals surface area contributed by atoms with Crippen LogP contribution in [0.4, 0.5) is 74.6 Å². The van der Waals surface area contributed by atoms with E-state index in [9.17, 15) is 74.6 Å². The minimum Gasteiger partial charge on any atom is -0.203 e. The highest BCUT2D eigenvalue weighted by Crippen LogP contribution is 2.63. The molecule has 0 saturated heterocycles. The van der Waals surface area contributed by atoms with E-state index < -0.39 is 67.5 Å². The van der Waals surface area contributed by atoms with Crippen molar-refractivity contribution in [2.24, 2.45) is 0 Å². The fourth-order valence-electron chi connectivity index (χ4n) is 1.85. The fraction of sp³-hybridized carbons (Fsp3) is 1.00. The van der Waals surface area contributed by atoms with Crippen LogP contribution < -0.4 is 0 Å². The van der Waals surface area contributed by atoms with Gasteiger partial charge < -0.3 is 0 Å². The molecule has 0 aromatic carbocycles. The van der Waals surface area contributed by atoms with Gasteiger partial charge in [0.2, 0.25) is 7.38 Å². The number of hydrogen-bond acceptors (Lipinski definition) is 0. The number of alkyl halides is 17. The SMILES string of the molecule is C[Si](C)(Cl)C(F)(F)C(F)(F)C(F)(F)C(F)(F)C(F)(F)C(F)(F)C(F)(F)CCC(F)(F)F. The maximum Gasteiger partial charge on any atom is 0.389 e. The van der Waals surface area contributed by atoms with Gasteiger partial charge in [0, 0.05) is 12.8 Å². The van der Waals surface area contributed by atoms with E-state index in [0.717, 1.165) is 0 Å². The average Bonchev–Trinajstić information content (AvgIpc) is 2.50. The summed E-state index contributed by atoms with van der Waals surface area (Å²) in [6, 6.07) is 0. The highest BCUT2D eigenvalue weighted by Gasteiger charge is 2.93. The van der Waals surface area contributed by atoms with Gasteiger partial charge in [-0.1, -0.05) is 13.1 Å². The summed E-state index contributed by atoms with van der Waals surface area (Å²) < 4.78 is 224. The van der Waals surface area contributed by atoms with Crippen molar-refractivity contribution in [2.45, 2.75) is 73.2 Å². The van der Waals surface area contributed by atoms with Crippen LogP contribution in [0, 0.1) is 0 Å². The predicted octanol–water partition coefficient (Wildman–Crippen LogP) is 7.76. The van der Waals surface area contributed by atoms with Crippen LogP contribution in [0.5, 0.6) is 0 Å². The molecule has 31 heavy (non-hydrogen) atoms. The highest BCUT2D eigenvalue weighted by atomic mass is 35.6. The molecule has 0 spiro atoms. The Morgan fingerprint density at radius 1 is 0.484 bits per heavy atom. The first-order valence-electron chi connectivity index (χ1n) is 7.36. The van der Waals surface area contributed by atoms with Gasteiger partial charge in [0.25, 0.3) is 0 Å². The molecule has 0 rings (SSSR count). The minimum atomic E-state index is -8.32. The lowest BCUT2D eigenvalue weighted by Crippen LogP contribution is -2.75. The largest absolute Gasteiger partial charge is 0.389 e. The molecule has 0 aliphatic carbocycles. The molecule has 0 aliphatic heterocycles. The summed E-state index contributed by atoms with van der Waals surface area (Å²) in [6.07, 6.45) is -12.1. The van der Waals surface area contributed by atoms with Crippen molar-refractivity contribution in [3.63, 3.8) is 0 Å². The Hall–Kier alpha value is -0.683. The maximum atomic E-state index is 13.6. The van der Waals surface area contributed by atoms with Crippen molar-refractivity contribution < 1.29 is 74.6 Å². The molecule has 0 radical (unpaired) electrons. The van der Waals surface area contributed by atoms with E-state index >= 15 is 0 Å². The van der Waals surface area contributed by atoms with Crippen LogP contribution in [0.1, 0.15) is 12.8 Å². The lowest BCUT2D eigenvalue weighted by molar-refractivity contribution is -0.437. The van der Waals surface area contributed by atoms with Crippen LogP contribution in [0.3, 0.4) is 0 Å². The molecule has 0 heterocycles. The standard InChI is InChI=1S/C12H10ClF17Si/c1-31(2,13)12(29,30)11(27,28)10(25,26)9(23,24)8(21,22)7(19,20)5(14,15)3-4-6(16,17)18/h3-4H2,1-2H3. The molecule has 0 N–H and O–H groups in total. The van der Waals surface area contributed by atoms with Gasteiger partial charge in [-0.2, -0.15) is 76.9 Å². The molecule has 0 fully saturated rings. The van der Waals surface area contributed by atoms with Crippen molar-refractivity contribution in [2.75, 3.05) is 0 Å². The molecule has 0 unspecified atom stereocenters. The first kappa shape index (κ1) is 30.3. The monoisotopic (exact) mass is 540 g/mol. The molecule has 0 nitrogen and oxygen atoms in total. The molecule has 0 atom stereocenters. The van der Waals surface area contributed by atoms with Crippen molar-refractivity contribution in [3.05, 3.63) is 0 Å². The van der Waals surface area contributed by atoms with Crippen LogP contribution in [0.25, 0.3) is 0 Å². The van der Waals surface area contributed by atoms with E-state index in [2.05, 4.69) is 0 Å². The van der Waals surface area contributed by atoms with Gasteiger partial charge in [-0.3, -0.25) is 0 Å². The van der Waals surface area contributed by atoms with E-state index in [0.29, 0.717) is 0 Å². The number of hydrogen-bond donors (Lipinski definition) is 0. The lowest BCUT2D eigenvalue weighted by Gasteiger charge is -2.44. The summed E-state index contributed by atoms with van der Waals surface area (Å²) in [4.78, 5) is 0. The quantitative estimate of drug-likeness (QED) is 0.159. The molecule has 0 aliphatic rings. The molecule has 0 aromatic rings. The van der Waals surface area contributed by atoms with Crippen LogP contribution in [0.15, 0.2) is 0 Å². The van der Waals surface area contributed by atoms with Crippen molar-refractivity contribution in [1.29, 1.82) is 0 Å². The normalized spacial score (nSPS) is 16.6. The minimum absolute atomic E-state index is 0.0469. The van der Waals surface area contributed by atoms with E-state index in [1.54, 1.807) is 0 Å². The first-order chi connectivity index (χ1) is 13.0. The van der Waals surface area contributed by atoms with Gasteiger partial charge in [-0.05, 0) is 0 Å². The molecule has 0 bridgehead atoms. The number of halogens is 18. The van der Waals surface area contributed by atoms with Crippen LogP contribution >= 0.6 is 11.1 Å². The second-order valence-electron chi connectivity index (χ2n) is 6.74. The summed E-state index contributed by atoms with van der Waals surface area (Å²) in [5.41, 5.74) is -6.39. The Labute approximate surface area is 167 Å².